The van der Waals surface area contributed by atoms with Gasteiger partial charge in [-0.05, 0) is 67.8 Å². The molecule has 1 aromatic heterocycles. The Morgan fingerprint density at radius 2 is 1.78 bits per heavy atom. The van der Waals surface area contributed by atoms with Crippen LogP contribution in [0, 0.1) is 4.77 Å². The fourth-order valence-electron chi connectivity index (χ4n) is 2.49. The maximum Gasteiger partial charge on any atom is 0.217 e. The number of aromatic nitrogens is 3. The highest BCUT2D eigenvalue weighted by Gasteiger charge is 2.08. The molecule has 0 aliphatic rings. The predicted octanol–water partition coefficient (Wildman–Crippen LogP) is 4.24. The number of ether oxygens (including phenoxy) is 2. The third-order valence-corrected chi connectivity index (χ3v) is 4.54. The van der Waals surface area contributed by atoms with Crippen molar-refractivity contribution in [2.24, 2.45) is 0 Å². The number of methoxy groups -OCH3 is 1. The van der Waals surface area contributed by atoms with E-state index in [1.807, 2.05) is 60.3 Å². The minimum atomic E-state index is 0.506. The molecule has 1 N–H and O–H groups in total. The average Bonchev–Trinajstić information content (AvgIpc) is 3.04. The maximum absolute atomic E-state index is 5.87. The van der Waals surface area contributed by atoms with Gasteiger partial charge in [-0.25, -0.2) is 4.68 Å². The van der Waals surface area contributed by atoms with E-state index in [0.717, 1.165) is 29.4 Å². The molecule has 0 aliphatic carbocycles. The van der Waals surface area contributed by atoms with Gasteiger partial charge in [-0.3, -0.25) is 10.00 Å². The largest absolute Gasteiger partial charge is 0.497 e. The van der Waals surface area contributed by atoms with Crippen molar-refractivity contribution >= 4 is 23.8 Å². The number of hydrogen-bond acceptors (Lipinski definition) is 5. The number of aromatic amines is 1. The molecule has 27 heavy (non-hydrogen) atoms. The summed E-state index contributed by atoms with van der Waals surface area (Å²) in [7, 11) is 3.64. The van der Waals surface area contributed by atoms with E-state index >= 15 is 0 Å². The van der Waals surface area contributed by atoms with Gasteiger partial charge in [-0.2, -0.15) is 4.98 Å². The van der Waals surface area contributed by atoms with Gasteiger partial charge in [0.1, 0.15) is 18.1 Å². The summed E-state index contributed by atoms with van der Waals surface area (Å²) < 4.78 is 13.2. The molecule has 142 valence electrons. The Labute approximate surface area is 168 Å². The lowest BCUT2D eigenvalue weighted by atomic mass is 10.2. The Morgan fingerprint density at radius 3 is 2.44 bits per heavy atom. The summed E-state index contributed by atoms with van der Waals surface area (Å²) in [6.45, 7) is 1.89. The summed E-state index contributed by atoms with van der Waals surface area (Å²) in [4.78, 5) is 6.54. The number of rotatable bonds is 8. The van der Waals surface area contributed by atoms with Crippen molar-refractivity contribution in [2.45, 2.75) is 6.67 Å². The normalized spacial score (nSPS) is 11.0. The Balaban J connectivity index is 1.55. The van der Waals surface area contributed by atoms with Crippen molar-refractivity contribution in [3.05, 3.63) is 58.3 Å². The highest BCUT2D eigenvalue weighted by Crippen LogP contribution is 2.19. The minimum absolute atomic E-state index is 0.506. The molecule has 0 amide bonds. The van der Waals surface area contributed by atoms with E-state index < -0.39 is 0 Å². The van der Waals surface area contributed by atoms with E-state index in [0.29, 0.717) is 23.1 Å². The first kappa shape index (κ1) is 19.4. The number of H-pyrrole nitrogens is 1. The number of likely N-dealkylation sites (N-methyl/N-ethyl adjacent to an activating group) is 1. The fraction of sp³-hybridized carbons (Fsp3) is 0.263. The molecule has 2 aromatic carbocycles. The van der Waals surface area contributed by atoms with Crippen molar-refractivity contribution in [2.75, 3.05) is 27.3 Å². The molecule has 0 unspecified atom stereocenters. The zero-order chi connectivity index (χ0) is 19.2. The molecule has 6 nitrogen and oxygen atoms in total. The zero-order valence-corrected chi connectivity index (χ0v) is 16.8. The predicted molar refractivity (Wildman–Crippen MR) is 109 cm³/mol. The van der Waals surface area contributed by atoms with Gasteiger partial charge in [-0.15, -0.1) is 0 Å². The Bertz CT molecular complexity index is 922. The van der Waals surface area contributed by atoms with Gasteiger partial charge in [0.25, 0.3) is 0 Å². The van der Waals surface area contributed by atoms with E-state index in [2.05, 4.69) is 15.0 Å². The third kappa shape index (κ3) is 5.32. The quantitative estimate of drug-likeness (QED) is 0.569. The van der Waals surface area contributed by atoms with Gasteiger partial charge in [0.2, 0.25) is 4.77 Å². The molecule has 0 saturated heterocycles. The Kier molecular flexibility index (Phi) is 6.49. The summed E-state index contributed by atoms with van der Waals surface area (Å²) in [5.41, 5.74) is 0.953. The first-order chi connectivity index (χ1) is 13.0. The second kappa shape index (κ2) is 9.03. The SMILES string of the molecule is COc1ccc(-c2nc(=S)n(CN(C)CCOc3ccc(Cl)cc3)[nH]2)cc1. The number of nitrogens with zero attached hydrogens (tertiary/aromatic N) is 3. The fourth-order valence-corrected chi connectivity index (χ4v) is 2.81. The van der Waals surface area contributed by atoms with Gasteiger partial charge in [0.15, 0.2) is 5.82 Å². The van der Waals surface area contributed by atoms with Crippen LogP contribution in [-0.4, -0.2) is 47.0 Å². The molecule has 8 heteroatoms. The Morgan fingerprint density at radius 1 is 1.11 bits per heavy atom. The summed E-state index contributed by atoms with van der Waals surface area (Å²) in [6.07, 6.45) is 0. The number of nitrogens with one attached hydrogen (secondary N) is 1. The van der Waals surface area contributed by atoms with E-state index in [1.54, 1.807) is 7.11 Å². The van der Waals surface area contributed by atoms with Gasteiger partial charge in [0.05, 0.1) is 13.8 Å². The van der Waals surface area contributed by atoms with Crippen LogP contribution in [-0.2, 0) is 6.67 Å². The minimum Gasteiger partial charge on any atom is -0.497 e. The van der Waals surface area contributed by atoms with Gasteiger partial charge >= 0.3 is 0 Å². The molecule has 0 atom stereocenters. The number of hydrogen-bond donors (Lipinski definition) is 1. The monoisotopic (exact) mass is 404 g/mol. The van der Waals surface area contributed by atoms with E-state index in [9.17, 15) is 0 Å². The van der Waals surface area contributed by atoms with Crippen LogP contribution in [0.3, 0.4) is 0 Å². The van der Waals surface area contributed by atoms with E-state index in [1.165, 1.54) is 0 Å². The van der Waals surface area contributed by atoms with Crippen molar-refractivity contribution < 1.29 is 9.47 Å². The molecule has 0 bridgehead atoms. The topological polar surface area (TPSA) is 55.3 Å². The van der Waals surface area contributed by atoms with Gasteiger partial charge < -0.3 is 9.47 Å². The summed E-state index contributed by atoms with van der Waals surface area (Å²) >= 11 is 11.2. The van der Waals surface area contributed by atoms with E-state index in [4.69, 9.17) is 33.3 Å². The second-order valence-electron chi connectivity index (χ2n) is 6.03. The molecule has 0 saturated carbocycles. The van der Waals surface area contributed by atoms with Crippen LogP contribution >= 0.6 is 23.8 Å². The van der Waals surface area contributed by atoms with Crippen LogP contribution in [0.25, 0.3) is 11.4 Å². The van der Waals surface area contributed by atoms with Crippen LogP contribution in [0.15, 0.2) is 48.5 Å². The molecule has 3 aromatic rings. The first-order valence-corrected chi connectivity index (χ1v) is 9.22. The first-order valence-electron chi connectivity index (χ1n) is 8.43. The molecule has 0 spiro atoms. The smallest absolute Gasteiger partial charge is 0.217 e. The lowest BCUT2D eigenvalue weighted by Gasteiger charge is -2.17. The van der Waals surface area contributed by atoms with E-state index in [-0.39, 0.29) is 0 Å². The molecule has 3 rings (SSSR count). The lowest BCUT2D eigenvalue weighted by molar-refractivity contribution is 0.198. The van der Waals surface area contributed by atoms with Crippen molar-refractivity contribution in [1.82, 2.24) is 19.7 Å². The van der Waals surface area contributed by atoms with Gasteiger partial charge in [-0.1, -0.05) is 11.6 Å². The lowest BCUT2D eigenvalue weighted by Crippen LogP contribution is -2.27. The zero-order valence-electron chi connectivity index (χ0n) is 15.2. The van der Waals surface area contributed by atoms with Crippen molar-refractivity contribution in [3.63, 3.8) is 0 Å². The molecule has 0 fully saturated rings. The highest BCUT2D eigenvalue weighted by atomic mass is 35.5. The third-order valence-electron chi connectivity index (χ3n) is 3.98. The number of halogens is 1. The summed E-state index contributed by atoms with van der Waals surface area (Å²) in [5.74, 6) is 2.33. The molecule has 1 heterocycles. The summed E-state index contributed by atoms with van der Waals surface area (Å²) in [5, 5.41) is 3.94. The van der Waals surface area contributed by atoms with Crippen LogP contribution in [0.1, 0.15) is 0 Å². The maximum atomic E-state index is 5.87. The van der Waals surface area contributed by atoms with Crippen LogP contribution in [0.4, 0.5) is 0 Å². The second-order valence-corrected chi connectivity index (χ2v) is 6.84. The highest BCUT2D eigenvalue weighted by molar-refractivity contribution is 7.71. The van der Waals surface area contributed by atoms with Crippen molar-refractivity contribution in [3.8, 4) is 22.9 Å². The van der Waals surface area contributed by atoms with Crippen LogP contribution in [0.5, 0.6) is 11.5 Å². The molecular formula is C19H21ClN4O2S. The standard InChI is InChI=1S/C19H21ClN4O2S/c1-23(11-12-26-17-9-5-15(20)6-10-17)13-24-19(27)21-18(22-24)14-3-7-16(25-2)8-4-14/h3-10H,11-13H2,1-2H3,(H,21,22,27). The number of benzene rings is 2. The van der Waals surface area contributed by atoms with Gasteiger partial charge in [0, 0.05) is 17.1 Å². The summed E-state index contributed by atoms with van der Waals surface area (Å²) in [6, 6.07) is 15.0. The molecular weight excluding hydrogens is 384 g/mol. The Hall–Kier alpha value is -2.35. The van der Waals surface area contributed by atoms with Crippen LogP contribution < -0.4 is 9.47 Å². The average molecular weight is 405 g/mol. The molecule has 0 radical (unpaired) electrons. The van der Waals surface area contributed by atoms with Crippen LogP contribution in [0.2, 0.25) is 5.02 Å². The molecule has 0 aliphatic heterocycles. The van der Waals surface area contributed by atoms with Crippen molar-refractivity contribution in [1.29, 1.82) is 0 Å².